The molecule has 0 unspecified atom stereocenters. The first-order chi connectivity index (χ1) is 7.21. The Balaban J connectivity index is 2.72. The lowest BCUT2D eigenvalue weighted by atomic mass is 10.2. The summed E-state index contributed by atoms with van der Waals surface area (Å²) in [6, 6.07) is 0. The van der Waals surface area contributed by atoms with Crippen LogP contribution in [0.5, 0.6) is 0 Å². The summed E-state index contributed by atoms with van der Waals surface area (Å²) in [5.74, 6) is 0. The lowest BCUT2D eigenvalue weighted by molar-refractivity contribution is 0.490. The number of aliphatic imine (C=N–C) groups is 2. The average molecular weight is 264 g/mol. The number of hydrogen-bond acceptors (Lipinski definition) is 6. The Labute approximate surface area is 90.2 Å². The predicted molar refractivity (Wildman–Crippen MR) is 54.1 cm³/mol. The van der Waals surface area contributed by atoms with Gasteiger partial charge in [-0.3, -0.25) is 14.1 Å². The molecule has 2 aliphatic heterocycles. The molecule has 0 aromatic heterocycles. The molecule has 0 bridgehead atoms. The molecule has 0 aromatic rings. The predicted octanol–water partition coefficient (Wildman–Crippen LogP) is -0.646. The van der Waals surface area contributed by atoms with Gasteiger partial charge in [0.05, 0.1) is 0 Å². The SMILES string of the molecule is O=S(=O)(O)C1=NC(S(=O)(=O)O)=C2C=NC=C12. The van der Waals surface area contributed by atoms with Crippen LogP contribution >= 0.6 is 0 Å². The van der Waals surface area contributed by atoms with Crippen LogP contribution in [-0.2, 0) is 20.2 Å². The zero-order chi connectivity index (χ0) is 12.1. The molecule has 0 saturated carbocycles. The molecule has 2 aliphatic rings. The quantitative estimate of drug-likeness (QED) is 0.605. The Morgan fingerprint density at radius 1 is 1.06 bits per heavy atom. The molecule has 2 heterocycles. The van der Waals surface area contributed by atoms with E-state index in [9.17, 15) is 16.8 Å². The lowest BCUT2D eigenvalue weighted by Gasteiger charge is -1.95. The molecular formula is C6H4N2O6S2. The zero-order valence-electron chi connectivity index (χ0n) is 7.39. The van der Waals surface area contributed by atoms with Crippen molar-refractivity contribution >= 4 is 31.5 Å². The van der Waals surface area contributed by atoms with Gasteiger partial charge in [-0.2, -0.15) is 16.8 Å². The highest BCUT2D eigenvalue weighted by atomic mass is 32.2. The van der Waals surface area contributed by atoms with Crippen molar-refractivity contribution in [3.8, 4) is 0 Å². The Morgan fingerprint density at radius 3 is 2.19 bits per heavy atom. The van der Waals surface area contributed by atoms with E-state index in [1.54, 1.807) is 0 Å². The van der Waals surface area contributed by atoms with Crippen LogP contribution in [0.2, 0.25) is 0 Å². The van der Waals surface area contributed by atoms with Crippen LogP contribution in [-0.4, -0.2) is 37.2 Å². The summed E-state index contributed by atoms with van der Waals surface area (Å²) in [7, 11) is -9.33. The summed E-state index contributed by atoms with van der Waals surface area (Å²) in [6.07, 6.45) is 2.06. The van der Waals surface area contributed by atoms with E-state index < -0.39 is 30.3 Å². The average Bonchev–Trinajstić information content (AvgIpc) is 2.54. The molecule has 0 atom stereocenters. The van der Waals surface area contributed by atoms with Gasteiger partial charge in [0.15, 0.2) is 10.1 Å². The third-order valence-electron chi connectivity index (χ3n) is 1.85. The number of hydrogen-bond donors (Lipinski definition) is 2. The van der Waals surface area contributed by atoms with Crippen LogP contribution < -0.4 is 0 Å². The van der Waals surface area contributed by atoms with Gasteiger partial charge in [-0.25, -0.2) is 4.99 Å². The fourth-order valence-electron chi connectivity index (χ4n) is 1.27. The number of allylic oxidation sites excluding steroid dienone is 1. The second-order valence-electron chi connectivity index (χ2n) is 2.91. The Hall–Kier alpha value is -1.36. The zero-order valence-corrected chi connectivity index (χ0v) is 9.03. The minimum absolute atomic E-state index is 0.157. The smallest absolute Gasteiger partial charge is 0.281 e. The first-order valence-electron chi connectivity index (χ1n) is 3.73. The van der Waals surface area contributed by atoms with Crippen LogP contribution in [0.4, 0.5) is 0 Å². The van der Waals surface area contributed by atoms with Gasteiger partial charge in [-0.15, -0.1) is 0 Å². The van der Waals surface area contributed by atoms with Crippen LogP contribution in [0.3, 0.4) is 0 Å². The third-order valence-corrected chi connectivity index (χ3v) is 3.45. The van der Waals surface area contributed by atoms with E-state index in [0.29, 0.717) is 0 Å². The van der Waals surface area contributed by atoms with Crippen molar-refractivity contribution < 1.29 is 25.9 Å². The largest absolute Gasteiger partial charge is 0.312 e. The molecule has 0 fully saturated rings. The maximum Gasteiger partial charge on any atom is 0.312 e. The molecule has 0 saturated heterocycles. The molecule has 2 rings (SSSR count). The number of fused-ring (bicyclic) bond motifs is 1. The van der Waals surface area contributed by atoms with Gasteiger partial charge in [0.25, 0.3) is 0 Å². The standard InChI is InChI=1S/C6H4N2O6S2/c9-15(10,11)5-3-1-7-2-4(3)6(8-5)16(12,13)14/h1-2H,(H,9,10,11)(H,12,13,14). The van der Waals surface area contributed by atoms with Crippen molar-refractivity contribution in [3.63, 3.8) is 0 Å². The molecule has 2 N–H and O–H groups in total. The van der Waals surface area contributed by atoms with Crippen molar-refractivity contribution in [1.29, 1.82) is 0 Å². The second-order valence-corrected chi connectivity index (χ2v) is 5.58. The summed E-state index contributed by atoms with van der Waals surface area (Å²) >= 11 is 0. The molecular weight excluding hydrogens is 260 g/mol. The van der Waals surface area contributed by atoms with Gasteiger partial charge in [0, 0.05) is 23.6 Å². The van der Waals surface area contributed by atoms with Gasteiger partial charge in [0.1, 0.15) is 0 Å². The van der Waals surface area contributed by atoms with E-state index in [0.717, 1.165) is 12.4 Å². The van der Waals surface area contributed by atoms with Crippen molar-refractivity contribution in [3.05, 3.63) is 22.4 Å². The molecule has 0 aromatic carbocycles. The van der Waals surface area contributed by atoms with Crippen molar-refractivity contribution in [1.82, 2.24) is 0 Å². The molecule has 0 aliphatic carbocycles. The number of nitrogens with zero attached hydrogens (tertiary/aromatic N) is 2. The maximum absolute atomic E-state index is 10.9. The van der Waals surface area contributed by atoms with Crippen molar-refractivity contribution in [2.24, 2.45) is 9.98 Å². The van der Waals surface area contributed by atoms with Crippen LogP contribution in [0.15, 0.2) is 32.4 Å². The fourth-order valence-corrected chi connectivity index (χ4v) is 2.62. The van der Waals surface area contributed by atoms with Gasteiger partial charge in [-0.1, -0.05) is 0 Å². The van der Waals surface area contributed by atoms with Gasteiger partial charge < -0.3 is 0 Å². The monoisotopic (exact) mass is 264 g/mol. The van der Waals surface area contributed by atoms with E-state index in [1.165, 1.54) is 0 Å². The highest BCUT2D eigenvalue weighted by molar-refractivity contribution is 8.02. The van der Waals surface area contributed by atoms with Crippen LogP contribution in [0.25, 0.3) is 0 Å². The van der Waals surface area contributed by atoms with E-state index in [-0.39, 0.29) is 11.1 Å². The summed E-state index contributed by atoms with van der Waals surface area (Å²) in [5, 5.41) is -1.68. The molecule has 0 spiro atoms. The highest BCUT2D eigenvalue weighted by Gasteiger charge is 2.37. The van der Waals surface area contributed by atoms with Crippen LogP contribution in [0.1, 0.15) is 0 Å². The summed E-state index contributed by atoms with van der Waals surface area (Å²) in [6.45, 7) is 0. The Kier molecular flexibility index (Phi) is 2.14. The van der Waals surface area contributed by atoms with E-state index in [4.69, 9.17) is 9.11 Å². The van der Waals surface area contributed by atoms with Crippen LogP contribution in [0, 0.1) is 0 Å². The maximum atomic E-state index is 10.9. The van der Waals surface area contributed by atoms with Gasteiger partial charge >= 0.3 is 20.2 Å². The Bertz CT molecular complexity index is 691. The minimum Gasteiger partial charge on any atom is -0.281 e. The first kappa shape index (κ1) is 11.1. The molecule has 8 nitrogen and oxygen atoms in total. The Morgan fingerprint density at radius 2 is 1.69 bits per heavy atom. The summed E-state index contributed by atoms with van der Waals surface area (Å²) < 4.78 is 61.1. The number of rotatable bonds is 1. The van der Waals surface area contributed by atoms with Gasteiger partial charge in [0.2, 0.25) is 0 Å². The minimum atomic E-state index is -4.67. The van der Waals surface area contributed by atoms with E-state index in [1.807, 2.05) is 0 Å². The normalized spacial score (nSPS) is 19.9. The third kappa shape index (κ3) is 1.61. The first-order valence-corrected chi connectivity index (χ1v) is 6.61. The summed E-state index contributed by atoms with van der Waals surface area (Å²) in [4.78, 5) is 6.69. The highest BCUT2D eigenvalue weighted by Crippen LogP contribution is 2.31. The van der Waals surface area contributed by atoms with E-state index >= 15 is 0 Å². The lowest BCUT2D eigenvalue weighted by Crippen LogP contribution is -2.13. The topological polar surface area (TPSA) is 133 Å². The summed E-state index contributed by atoms with van der Waals surface area (Å²) in [5.41, 5.74) is -0.315. The van der Waals surface area contributed by atoms with Crippen molar-refractivity contribution in [2.45, 2.75) is 0 Å². The fraction of sp³-hybridized carbons (Fsp3) is 0. The molecule has 0 radical (unpaired) electrons. The molecule has 86 valence electrons. The molecule has 0 amide bonds. The molecule has 10 heteroatoms. The van der Waals surface area contributed by atoms with Crippen molar-refractivity contribution in [2.75, 3.05) is 0 Å². The second kappa shape index (κ2) is 3.07. The molecule has 16 heavy (non-hydrogen) atoms. The van der Waals surface area contributed by atoms with E-state index in [2.05, 4.69) is 9.98 Å². The van der Waals surface area contributed by atoms with Gasteiger partial charge in [-0.05, 0) is 0 Å².